The van der Waals surface area contributed by atoms with Gasteiger partial charge in [-0.1, -0.05) is 19.8 Å². The molecule has 2 unspecified atom stereocenters. The molecule has 1 aromatic carbocycles. The number of hydrogen-bond donors (Lipinski definition) is 2. The highest BCUT2D eigenvalue weighted by Crippen LogP contribution is 2.35. The number of aliphatic hydroxyl groups excluding tert-OH is 1. The standard InChI is InChI=1S/C14H19FN2O3/c1-10-3-2-4-14(8-10,9-18)16-12-5-11(15)6-13(7-12)17(19)20/h5-7,10,16,18H,2-4,8-9H2,1H3. The molecule has 5 nitrogen and oxygen atoms in total. The van der Waals surface area contributed by atoms with Crippen molar-refractivity contribution in [3.05, 3.63) is 34.1 Å². The molecule has 0 heterocycles. The first-order valence-electron chi connectivity index (χ1n) is 6.78. The van der Waals surface area contributed by atoms with E-state index in [0.29, 0.717) is 11.6 Å². The summed E-state index contributed by atoms with van der Waals surface area (Å²) in [6, 6.07) is 3.42. The SMILES string of the molecule is CC1CCCC(CO)(Nc2cc(F)cc([N+](=O)[O-])c2)C1. The number of anilines is 1. The summed E-state index contributed by atoms with van der Waals surface area (Å²) < 4.78 is 13.4. The van der Waals surface area contributed by atoms with Gasteiger partial charge in [-0.3, -0.25) is 10.1 Å². The van der Waals surface area contributed by atoms with Crippen LogP contribution < -0.4 is 5.32 Å². The molecule has 1 aliphatic rings. The van der Waals surface area contributed by atoms with Crippen molar-refractivity contribution >= 4 is 11.4 Å². The second-order valence-corrected chi connectivity index (χ2v) is 5.72. The molecule has 20 heavy (non-hydrogen) atoms. The summed E-state index contributed by atoms with van der Waals surface area (Å²) in [6.07, 6.45) is 3.63. The Morgan fingerprint density at radius 2 is 2.30 bits per heavy atom. The minimum atomic E-state index is -0.654. The summed E-state index contributed by atoms with van der Waals surface area (Å²) in [4.78, 5) is 10.1. The van der Waals surface area contributed by atoms with E-state index in [1.54, 1.807) is 0 Å². The van der Waals surface area contributed by atoms with Crippen LogP contribution in [-0.4, -0.2) is 22.2 Å². The first-order chi connectivity index (χ1) is 9.44. The van der Waals surface area contributed by atoms with E-state index in [1.807, 2.05) is 0 Å². The van der Waals surface area contributed by atoms with Crippen LogP contribution >= 0.6 is 0 Å². The summed E-state index contributed by atoms with van der Waals surface area (Å²) >= 11 is 0. The van der Waals surface area contributed by atoms with Gasteiger partial charge in [0, 0.05) is 11.8 Å². The number of nitro benzene ring substituents is 1. The molecule has 6 heteroatoms. The summed E-state index contributed by atoms with van der Waals surface area (Å²) in [6.45, 7) is 2.04. The number of hydrogen-bond acceptors (Lipinski definition) is 4. The van der Waals surface area contributed by atoms with E-state index >= 15 is 0 Å². The van der Waals surface area contributed by atoms with E-state index < -0.39 is 16.3 Å². The second kappa shape index (κ2) is 5.75. The maximum absolute atomic E-state index is 13.4. The van der Waals surface area contributed by atoms with Gasteiger partial charge in [-0.2, -0.15) is 0 Å². The van der Waals surface area contributed by atoms with Crippen molar-refractivity contribution in [1.29, 1.82) is 0 Å². The van der Waals surface area contributed by atoms with E-state index in [1.165, 1.54) is 12.1 Å². The number of rotatable bonds is 4. The average molecular weight is 282 g/mol. The Hall–Kier alpha value is -1.69. The predicted molar refractivity (Wildman–Crippen MR) is 74.1 cm³/mol. The Labute approximate surface area is 117 Å². The lowest BCUT2D eigenvalue weighted by Crippen LogP contribution is -2.45. The van der Waals surface area contributed by atoms with Crippen molar-refractivity contribution in [1.82, 2.24) is 0 Å². The summed E-state index contributed by atoms with van der Waals surface area (Å²) in [5.74, 6) is -0.189. The number of benzene rings is 1. The number of aliphatic hydroxyl groups is 1. The van der Waals surface area contributed by atoms with Crippen molar-refractivity contribution in [2.24, 2.45) is 5.92 Å². The molecule has 0 amide bonds. The Morgan fingerprint density at radius 1 is 1.55 bits per heavy atom. The molecule has 2 N–H and O–H groups in total. The van der Waals surface area contributed by atoms with Crippen LogP contribution in [0, 0.1) is 21.8 Å². The van der Waals surface area contributed by atoms with Crippen LogP contribution in [0.1, 0.15) is 32.6 Å². The molecule has 1 aliphatic carbocycles. The van der Waals surface area contributed by atoms with Crippen LogP contribution in [-0.2, 0) is 0 Å². The van der Waals surface area contributed by atoms with Crippen LogP contribution in [0.25, 0.3) is 0 Å². The van der Waals surface area contributed by atoms with E-state index in [0.717, 1.165) is 31.7 Å². The van der Waals surface area contributed by atoms with Gasteiger partial charge < -0.3 is 10.4 Å². The molecule has 0 radical (unpaired) electrons. The van der Waals surface area contributed by atoms with E-state index in [-0.39, 0.29) is 12.3 Å². The Bertz CT molecular complexity index is 509. The van der Waals surface area contributed by atoms with Gasteiger partial charge in [0.25, 0.3) is 5.69 Å². The molecule has 2 atom stereocenters. The molecule has 0 spiro atoms. The molecule has 1 aromatic rings. The van der Waals surface area contributed by atoms with Gasteiger partial charge in [-0.05, 0) is 24.8 Å². The third kappa shape index (κ3) is 3.25. The highest BCUT2D eigenvalue weighted by atomic mass is 19.1. The number of nitrogens with one attached hydrogen (secondary N) is 1. The van der Waals surface area contributed by atoms with Crippen molar-refractivity contribution in [3.8, 4) is 0 Å². The van der Waals surface area contributed by atoms with Crippen molar-refractivity contribution in [2.45, 2.75) is 38.1 Å². The van der Waals surface area contributed by atoms with Gasteiger partial charge in [-0.25, -0.2) is 4.39 Å². The molecule has 0 aliphatic heterocycles. The third-order valence-electron chi connectivity index (χ3n) is 3.90. The monoisotopic (exact) mass is 282 g/mol. The maximum Gasteiger partial charge on any atom is 0.274 e. The molecule has 1 fully saturated rings. The van der Waals surface area contributed by atoms with Crippen LogP contribution in [0.5, 0.6) is 0 Å². The highest BCUT2D eigenvalue weighted by Gasteiger charge is 2.34. The lowest BCUT2D eigenvalue weighted by molar-refractivity contribution is -0.385. The first-order valence-corrected chi connectivity index (χ1v) is 6.78. The Balaban J connectivity index is 2.25. The van der Waals surface area contributed by atoms with Crippen LogP contribution in [0.15, 0.2) is 18.2 Å². The number of nitrogens with zero attached hydrogens (tertiary/aromatic N) is 1. The quantitative estimate of drug-likeness (QED) is 0.657. The second-order valence-electron chi connectivity index (χ2n) is 5.72. The molecular weight excluding hydrogens is 263 g/mol. The van der Waals surface area contributed by atoms with E-state index in [2.05, 4.69) is 12.2 Å². The van der Waals surface area contributed by atoms with E-state index in [4.69, 9.17) is 0 Å². The smallest absolute Gasteiger partial charge is 0.274 e. The Kier molecular flexibility index (Phi) is 4.23. The minimum Gasteiger partial charge on any atom is -0.394 e. The van der Waals surface area contributed by atoms with Crippen LogP contribution in [0.4, 0.5) is 15.8 Å². The minimum absolute atomic E-state index is 0.0678. The number of non-ortho nitro benzene ring substituents is 1. The fourth-order valence-corrected chi connectivity index (χ4v) is 3.01. The van der Waals surface area contributed by atoms with Crippen molar-refractivity contribution in [3.63, 3.8) is 0 Å². The molecule has 0 aromatic heterocycles. The van der Waals surface area contributed by atoms with Gasteiger partial charge in [-0.15, -0.1) is 0 Å². The lowest BCUT2D eigenvalue weighted by atomic mass is 9.76. The summed E-state index contributed by atoms with van der Waals surface area (Å²) in [5.41, 5.74) is -0.455. The van der Waals surface area contributed by atoms with Crippen molar-refractivity contribution in [2.75, 3.05) is 11.9 Å². The lowest BCUT2D eigenvalue weighted by Gasteiger charge is -2.40. The Morgan fingerprint density at radius 3 is 2.90 bits per heavy atom. The molecule has 110 valence electrons. The molecule has 2 rings (SSSR count). The normalized spacial score (nSPS) is 26.2. The van der Waals surface area contributed by atoms with Crippen molar-refractivity contribution < 1.29 is 14.4 Å². The zero-order valence-corrected chi connectivity index (χ0v) is 11.4. The summed E-state index contributed by atoms with van der Waals surface area (Å²) in [7, 11) is 0. The summed E-state index contributed by atoms with van der Waals surface area (Å²) in [5, 5.41) is 23.6. The van der Waals surface area contributed by atoms with Crippen LogP contribution in [0.3, 0.4) is 0 Å². The predicted octanol–water partition coefficient (Wildman–Crippen LogP) is 3.09. The van der Waals surface area contributed by atoms with Crippen LogP contribution in [0.2, 0.25) is 0 Å². The van der Waals surface area contributed by atoms with Gasteiger partial charge in [0.15, 0.2) is 0 Å². The highest BCUT2D eigenvalue weighted by molar-refractivity contribution is 5.53. The topological polar surface area (TPSA) is 75.4 Å². The zero-order chi connectivity index (χ0) is 14.8. The maximum atomic E-state index is 13.4. The largest absolute Gasteiger partial charge is 0.394 e. The number of halogens is 1. The van der Waals surface area contributed by atoms with Gasteiger partial charge in [0.05, 0.1) is 23.1 Å². The fraction of sp³-hybridized carbons (Fsp3) is 0.571. The van der Waals surface area contributed by atoms with Gasteiger partial charge in [0.1, 0.15) is 5.82 Å². The molecular formula is C14H19FN2O3. The average Bonchev–Trinajstić information content (AvgIpc) is 2.38. The van der Waals surface area contributed by atoms with E-state index in [9.17, 15) is 19.6 Å². The van der Waals surface area contributed by atoms with Gasteiger partial charge >= 0.3 is 0 Å². The molecule has 0 saturated heterocycles. The fourth-order valence-electron chi connectivity index (χ4n) is 3.01. The third-order valence-corrected chi connectivity index (χ3v) is 3.90. The first kappa shape index (κ1) is 14.7. The molecule has 0 bridgehead atoms. The molecule has 1 saturated carbocycles. The zero-order valence-electron chi connectivity index (χ0n) is 11.4. The van der Waals surface area contributed by atoms with Gasteiger partial charge in [0.2, 0.25) is 0 Å². The number of nitro groups is 1.